The molecule has 0 aliphatic carbocycles. The highest BCUT2D eigenvalue weighted by atomic mass is 32.2. The van der Waals surface area contributed by atoms with Crippen LogP contribution in [0, 0.1) is 5.41 Å². The van der Waals surface area contributed by atoms with Gasteiger partial charge < -0.3 is 10.2 Å². The molecule has 7 nitrogen and oxygen atoms in total. The maximum Gasteiger partial charge on any atom is 0.460 e. The predicted molar refractivity (Wildman–Crippen MR) is 93.3 cm³/mol. The van der Waals surface area contributed by atoms with Gasteiger partial charge in [-0.25, -0.2) is 0 Å². The van der Waals surface area contributed by atoms with Crippen molar-refractivity contribution in [2.24, 2.45) is 5.41 Å². The van der Waals surface area contributed by atoms with Crippen LogP contribution in [0.2, 0.25) is 0 Å². The maximum absolute atomic E-state index is 14.0. The Hall–Kier alpha value is -2.41. The smallest absolute Gasteiger partial charge is 0.460 e. The van der Waals surface area contributed by atoms with Crippen LogP contribution in [0.15, 0.2) is 0 Å². The van der Waals surface area contributed by atoms with E-state index in [1.165, 1.54) is 0 Å². The molecule has 0 saturated carbocycles. The number of hydrogen-bond donors (Lipinski definition) is 3. The summed E-state index contributed by atoms with van der Waals surface area (Å²) in [5.74, 6) is -51.4. The topological polar surface area (TPSA) is 129 Å². The molecule has 0 radical (unpaired) electrons. The second-order valence-corrected chi connectivity index (χ2v) is 9.90. The van der Waals surface area contributed by atoms with Crippen molar-refractivity contribution in [2.45, 2.75) is 78.8 Å². The third kappa shape index (κ3) is 6.56. The van der Waals surface area contributed by atoms with Crippen molar-refractivity contribution >= 4 is 22.1 Å². The van der Waals surface area contributed by atoms with Gasteiger partial charge in [0.25, 0.3) is 10.1 Å². The lowest BCUT2D eigenvalue weighted by Gasteiger charge is -2.39. The highest BCUT2D eigenvalue weighted by Gasteiger charge is 2.83. The summed E-state index contributed by atoms with van der Waals surface area (Å²) in [4.78, 5) is 23.0. The molecule has 0 rings (SSSR count). The third-order valence-corrected chi connectivity index (χ3v) is 6.89. The molecule has 26 heteroatoms. The first-order valence-corrected chi connectivity index (χ1v) is 11.3. The van der Waals surface area contributed by atoms with Gasteiger partial charge in [-0.3, -0.25) is 14.1 Å². The lowest BCUT2D eigenvalue weighted by molar-refractivity contribution is -0.398. The summed E-state index contributed by atoms with van der Waals surface area (Å²) in [5, 5.41) is 13.7. The molecule has 1 atom stereocenters. The van der Waals surface area contributed by atoms with Crippen molar-refractivity contribution < 1.29 is 112 Å². The van der Waals surface area contributed by atoms with Gasteiger partial charge in [-0.1, -0.05) is 0 Å². The van der Waals surface area contributed by atoms with Gasteiger partial charge in [0.1, 0.15) is 0 Å². The minimum Gasteiger partial charge on any atom is -0.481 e. The number of aliphatic carboxylic acids is 2. The quantitative estimate of drug-likeness (QED) is 0.153. The Morgan fingerprint density at radius 1 is 0.524 bits per heavy atom. The molecule has 0 saturated heterocycles. The first-order chi connectivity index (χ1) is 17.9. The molecule has 250 valence electrons. The van der Waals surface area contributed by atoms with Crippen LogP contribution in [0.3, 0.4) is 0 Å². The van der Waals surface area contributed by atoms with E-state index in [9.17, 15) is 102 Å². The Kier molecular flexibility index (Phi) is 10.3. The molecule has 3 N–H and O–H groups in total. The van der Waals surface area contributed by atoms with Gasteiger partial charge in [-0.05, 0) is 12.8 Å². The third-order valence-electron chi connectivity index (χ3n) is 5.64. The van der Waals surface area contributed by atoms with Crippen molar-refractivity contribution in [1.29, 1.82) is 0 Å². The number of halogens is 18. The number of rotatable bonds is 14. The standard InChI is InChI=1S/C16H12F18O7S/c17-9(18,11(21,22)13(25,26)15(29,30)31)3-1-8(7(37)38,5(6(35)36)42(39,40)41)2-4-10(19,20)12(23,24)14(27,28)16(32,33)34/h5H,1-4H2,(H,35,36)(H,37,38)(H,39,40,41). The van der Waals surface area contributed by atoms with Gasteiger partial charge in [0, 0.05) is 12.8 Å². The Morgan fingerprint density at radius 3 is 0.952 bits per heavy atom. The molecular weight excluding hydrogens is 678 g/mol. The fourth-order valence-electron chi connectivity index (χ4n) is 3.25. The minimum absolute atomic E-state index is 3.13. The molecule has 0 aliphatic heterocycles. The van der Waals surface area contributed by atoms with Crippen LogP contribution >= 0.6 is 0 Å². The molecule has 0 aromatic rings. The zero-order valence-electron chi connectivity index (χ0n) is 19.1. The van der Waals surface area contributed by atoms with E-state index in [-0.39, 0.29) is 0 Å². The molecule has 0 heterocycles. The van der Waals surface area contributed by atoms with Crippen LogP contribution in [0.4, 0.5) is 79.0 Å². The van der Waals surface area contributed by atoms with E-state index < -0.39 is 106 Å². The van der Waals surface area contributed by atoms with Crippen molar-refractivity contribution in [2.75, 3.05) is 0 Å². The van der Waals surface area contributed by atoms with E-state index in [1.807, 2.05) is 0 Å². The zero-order chi connectivity index (χ0) is 34.6. The highest BCUT2D eigenvalue weighted by Crippen LogP contribution is 2.57. The molecule has 0 fully saturated rings. The van der Waals surface area contributed by atoms with Crippen LogP contribution in [-0.4, -0.2) is 88.3 Å². The van der Waals surface area contributed by atoms with Crippen LogP contribution in [0.5, 0.6) is 0 Å². The first-order valence-electron chi connectivity index (χ1n) is 9.75. The fourth-order valence-corrected chi connectivity index (χ4v) is 4.41. The second kappa shape index (κ2) is 10.9. The lowest BCUT2D eigenvalue weighted by Crippen LogP contribution is -2.62. The summed E-state index contributed by atoms with van der Waals surface area (Å²) in [5.41, 5.74) is -4.92. The average Bonchev–Trinajstić information content (AvgIpc) is 2.71. The van der Waals surface area contributed by atoms with Gasteiger partial charge in [0.15, 0.2) is 5.25 Å². The zero-order valence-corrected chi connectivity index (χ0v) is 19.9. The predicted octanol–water partition coefficient (Wildman–Crippen LogP) is 5.90. The number of carboxylic acids is 2. The summed E-state index contributed by atoms with van der Waals surface area (Å²) in [6, 6.07) is 0. The molecular formula is C16H12F18O7S. The van der Waals surface area contributed by atoms with Crippen LogP contribution < -0.4 is 0 Å². The number of alkyl halides is 18. The van der Waals surface area contributed by atoms with E-state index in [4.69, 9.17) is 9.66 Å². The van der Waals surface area contributed by atoms with E-state index >= 15 is 0 Å². The first kappa shape index (κ1) is 39.6. The minimum atomic E-state index is -7.72. The summed E-state index contributed by atoms with van der Waals surface area (Å²) >= 11 is 0. The number of carbonyl (C=O) groups is 2. The van der Waals surface area contributed by atoms with E-state index in [2.05, 4.69) is 0 Å². The van der Waals surface area contributed by atoms with Crippen molar-refractivity contribution in [3.8, 4) is 0 Å². The van der Waals surface area contributed by atoms with Gasteiger partial charge in [0.05, 0.1) is 5.41 Å². The molecule has 0 bridgehead atoms. The molecule has 0 spiro atoms. The van der Waals surface area contributed by atoms with Crippen LogP contribution in [-0.2, 0) is 19.7 Å². The van der Waals surface area contributed by atoms with Gasteiger partial charge in [0.2, 0.25) is 0 Å². The maximum atomic E-state index is 14.0. The molecule has 0 amide bonds. The van der Waals surface area contributed by atoms with Gasteiger partial charge >= 0.3 is 59.8 Å². The molecule has 0 aromatic heterocycles. The van der Waals surface area contributed by atoms with E-state index in [0.717, 1.165) is 0 Å². The van der Waals surface area contributed by atoms with E-state index in [0.29, 0.717) is 0 Å². The van der Waals surface area contributed by atoms with Crippen molar-refractivity contribution in [3.05, 3.63) is 0 Å². The summed E-state index contributed by atoms with van der Waals surface area (Å²) in [6.45, 7) is 0. The molecule has 42 heavy (non-hydrogen) atoms. The normalized spacial score (nSPS) is 16.4. The van der Waals surface area contributed by atoms with Gasteiger partial charge in [-0.2, -0.15) is 87.4 Å². The molecule has 0 aliphatic rings. The summed E-state index contributed by atoms with van der Waals surface area (Å²) in [6.07, 6.45) is -28.4. The summed E-state index contributed by atoms with van der Waals surface area (Å²) < 4.78 is 268. The Labute approximate surface area is 219 Å². The second-order valence-electron chi connectivity index (χ2n) is 8.40. The fraction of sp³-hybridized carbons (Fsp3) is 0.875. The molecule has 0 aromatic carbocycles. The van der Waals surface area contributed by atoms with Crippen molar-refractivity contribution in [3.63, 3.8) is 0 Å². The number of carboxylic acid groups (broad SMARTS) is 2. The average molecular weight is 690 g/mol. The monoisotopic (exact) mass is 690 g/mol. The van der Waals surface area contributed by atoms with E-state index in [1.54, 1.807) is 0 Å². The number of hydrogen-bond acceptors (Lipinski definition) is 4. The largest absolute Gasteiger partial charge is 0.481 e. The lowest BCUT2D eigenvalue weighted by atomic mass is 9.73. The highest BCUT2D eigenvalue weighted by molar-refractivity contribution is 7.87. The summed E-state index contributed by atoms with van der Waals surface area (Å²) in [7, 11) is -6.78. The molecule has 1 unspecified atom stereocenters. The Balaban J connectivity index is 7.15. The Morgan fingerprint density at radius 2 is 0.786 bits per heavy atom. The van der Waals surface area contributed by atoms with Crippen LogP contribution in [0.1, 0.15) is 25.7 Å². The Bertz CT molecular complexity index is 1070. The van der Waals surface area contributed by atoms with Crippen molar-refractivity contribution in [1.82, 2.24) is 0 Å². The van der Waals surface area contributed by atoms with Gasteiger partial charge in [-0.15, -0.1) is 0 Å². The van der Waals surface area contributed by atoms with Crippen LogP contribution in [0.25, 0.3) is 0 Å². The SMILES string of the molecule is O=C(O)C(C(CCC(F)(F)C(F)(F)C(F)(F)C(F)(F)F)(CCC(F)(F)C(F)(F)C(F)(F)C(F)(F)F)C(=O)O)S(=O)(=O)O.